The molecule has 3 aromatic rings. The second kappa shape index (κ2) is 12.6. The molecule has 0 heterocycles. The minimum Gasteiger partial charge on any atom is -1.00 e. The van der Waals surface area contributed by atoms with Gasteiger partial charge in [0, 0.05) is 0 Å². The third kappa shape index (κ3) is 6.00. The van der Waals surface area contributed by atoms with Gasteiger partial charge in [-0.05, 0) is 0 Å². The third-order valence-electron chi connectivity index (χ3n) is 7.62. The van der Waals surface area contributed by atoms with E-state index >= 15 is 0 Å². The SMILES string of the molecule is CCCCc1c(Cc2c(C(C)C)ccc(C(C)C)c2C)cc2c([c]1[Zr+2])Cc1cc(C)ccc1-2.[Cl-].[Cl-]. The van der Waals surface area contributed by atoms with Crippen molar-refractivity contribution in [2.45, 2.75) is 92.4 Å². The molecule has 1 aliphatic carbocycles. The zero-order valence-corrected chi connectivity index (χ0v) is 26.4. The number of fused-ring (bicyclic) bond motifs is 3. The van der Waals surface area contributed by atoms with E-state index in [1.807, 2.05) is 0 Å². The summed E-state index contributed by atoms with van der Waals surface area (Å²) in [4.78, 5) is 0. The van der Waals surface area contributed by atoms with Crippen molar-refractivity contribution in [3.05, 3.63) is 86.5 Å². The van der Waals surface area contributed by atoms with Crippen LogP contribution < -0.4 is 28.1 Å². The Bertz CT molecular complexity index is 1190. The van der Waals surface area contributed by atoms with Crippen LogP contribution in [0.2, 0.25) is 0 Å². The maximum absolute atomic E-state index is 2.58. The molecular weight excluding hydrogens is 546 g/mol. The third-order valence-corrected chi connectivity index (χ3v) is 9.10. The molecule has 35 heavy (non-hydrogen) atoms. The first-order valence-electron chi connectivity index (χ1n) is 12.8. The van der Waals surface area contributed by atoms with Gasteiger partial charge in [0.2, 0.25) is 0 Å². The molecule has 185 valence electrons. The van der Waals surface area contributed by atoms with E-state index in [2.05, 4.69) is 84.9 Å². The van der Waals surface area contributed by atoms with Gasteiger partial charge in [-0.2, -0.15) is 0 Å². The van der Waals surface area contributed by atoms with Crippen molar-refractivity contribution in [1.82, 2.24) is 0 Å². The van der Waals surface area contributed by atoms with Crippen molar-refractivity contribution in [1.29, 1.82) is 0 Å². The molecule has 0 fully saturated rings. The molecule has 3 aromatic carbocycles. The van der Waals surface area contributed by atoms with E-state index < -0.39 is 0 Å². The maximum atomic E-state index is 2.58. The Labute approximate surface area is 241 Å². The summed E-state index contributed by atoms with van der Waals surface area (Å²) in [6.45, 7) is 16.3. The number of hydrogen-bond donors (Lipinski definition) is 0. The summed E-state index contributed by atoms with van der Waals surface area (Å²) >= 11 is 1.57. The fourth-order valence-electron chi connectivity index (χ4n) is 5.76. The van der Waals surface area contributed by atoms with Crippen LogP contribution in [0.3, 0.4) is 0 Å². The summed E-state index contributed by atoms with van der Waals surface area (Å²) in [5, 5.41) is 0. The van der Waals surface area contributed by atoms with Crippen LogP contribution in [0.1, 0.15) is 109 Å². The summed E-state index contributed by atoms with van der Waals surface area (Å²) in [6, 6.07) is 14.4. The Morgan fingerprint density at radius 3 is 2.11 bits per heavy atom. The zero-order valence-electron chi connectivity index (χ0n) is 22.4. The molecule has 0 unspecified atom stereocenters. The summed E-state index contributed by atoms with van der Waals surface area (Å²) in [7, 11) is 0. The maximum Gasteiger partial charge on any atom is -1.00 e. The Morgan fingerprint density at radius 1 is 0.829 bits per heavy atom. The fraction of sp³-hybridized carbons (Fsp3) is 0.438. The van der Waals surface area contributed by atoms with E-state index in [1.165, 1.54) is 58.2 Å². The van der Waals surface area contributed by atoms with Crippen LogP contribution in [-0.4, -0.2) is 0 Å². The van der Waals surface area contributed by atoms with Crippen molar-refractivity contribution in [3.63, 3.8) is 0 Å². The first-order valence-corrected chi connectivity index (χ1v) is 14.1. The molecule has 0 saturated carbocycles. The Balaban J connectivity index is 0.00000216. The molecule has 0 saturated heterocycles. The molecule has 0 aliphatic heterocycles. The number of unbranched alkanes of at least 4 members (excludes halogenated alkanes) is 1. The van der Waals surface area contributed by atoms with Crippen molar-refractivity contribution >= 4 is 3.27 Å². The summed E-state index contributed by atoms with van der Waals surface area (Å²) in [5.41, 5.74) is 16.8. The second-order valence-corrected chi connectivity index (χ2v) is 11.9. The molecule has 3 heteroatoms. The van der Waals surface area contributed by atoms with E-state index in [0.29, 0.717) is 11.8 Å². The molecule has 0 spiro atoms. The molecule has 0 radical (unpaired) electrons. The Morgan fingerprint density at radius 2 is 1.49 bits per heavy atom. The van der Waals surface area contributed by atoms with Gasteiger partial charge >= 0.3 is 218 Å². The van der Waals surface area contributed by atoms with Crippen LogP contribution in [-0.2, 0) is 44.0 Å². The largest absolute Gasteiger partial charge is 1.00 e. The van der Waals surface area contributed by atoms with Gasteiger partial charge in [-0.25, -0.2) is 0 Å². The fourth-order valence-corrected chi connectivity index (χ4v) is 7.01. The summed E-state index contributed by atoms with van der Waals surface area (Å²) in [6.07, 6.45) is 5.93. The Hall–Kier alpha value is -0.877. The number of rotatable bonds is 7. The van der Waals surface area contributed by atoms with Crippen molar-refractivity contribution in [3.8, 4) is 11.1 Å². The van der Waals surface area contributed by atoms with Gasteiger partial charge in [-0.3, -0.25) is 0 Å². The summed E-state index contributed by atoms with van der Waals surface area (Å²) < 4.78 is 1.64. The van der Waals surface area contributed by atoms with E-state index in [0.717, 1.165) is 12.8 Å². The quantitative estimate of drug-likeness (QED) is 0.312. The average molecular weight is 586 g/mol. The molecule has 0 nitrogen and oxygen atoms in total. The molecule has 0 N–H and O–H groups in total. The standard InChI is InChI=1S/C32H39.2ClH.Zr/c1-8-9-10-24-16-27-17-26-15-22(6)11-12-30(26)32(27)19-25(24)18-31-23(7)28(20(2)3)13-14-29(31)21(4)5;;;/h11-15,19-21H,8-10,17-18H2,1-7H3;2*1H;/q;;;+2/p-2. The molecule has 4 rings (SSSR count). The van der Waals surface area contributed by atoms with Gasteiger partial charge in [0.05, 0.1) is 0 Å². The van der Waals surface area contributed by atoms with Crippen LogP contribution >= 0.6 is 0 Å². The van der Waals surface area contributed by atoms with Crippen LogP contribution in [0.4, 0.5) is 0 Å². The molecule has 1 aliphatic rings. The predicted octanol–water partition coefficient (Wildman–Crippen LogP) is 2.23. The minimum atomic E-state index is 0. The molecule has 0 aromatic heterocycles. The topological polar surface area (TPSA) is 0 Å². The van der Waals surface area contributed by atoms with E-state index in [1.54, 1.807) is 50.2 Å². The predicted molar refractivity (Wildman–Crippen MR) is 140 cm³/mol. The number of aryl methyl sites for hydroxylation is 1. The Kier molecular flexibility index (Phi) is 10.9. The van der Waals surface area contributed by atoms with Crippen LogP contribution in [0.5, 0.6) is 0 Å². The normalized spacial score (nSPS) is 11.9. The van der Waals surface area contributed by atoms with Gasteiger partial charge in [-0.15, -0.1) is 0 Å². The second-order valence-electron chi connectivity index (χ2n) is 10.7. The first-order chi connectivity index (χ1) is 15.7. The van der Waals surface area contributed by atoms with Gasteiger partial charge in [-0.1, -0.05) is 0 Å². The monoisotopic (exact) mass is 583 g/mol. The van der Waals surface area contributed by atoms with E-state index in [4.69, 9.17) is 0 Å². The minimum absolute atomic E-state index is 0. The zero-order chi connectivity index (χ0) is 23.9. The summed E-state index contributed by atoms with van der Waals surface area (Å²) in [5.74, 6) is 1.11. The van der Waals surface area contributed by atoms with Crippen molar-refractivity contribution < 1.29 is 49.5 Å². The van der Waals surface area contributed by atoms with Crippen molar-refractivity contribution in [2.75, 3.05) is 0 Å². The smallest absolute Gasteiger partial charge is 1.00 e. The van der Waals surface area contributed by atoms with E-state index in [9.17, 15) is 0 Å². The van der Waals surface area contributed by atoms with Gasteiger partial charge < -0.3 is 24.8 Å². The van der Waals surface area contributed by atoms with Gasteiger partial charge in [0.25, 0.3) is 0 Å². The van der Waals surface area contributed by atoms with E-state index in [-0.39, 0.29) is 24.8 Å². The number of halogens is 2. The molecule has 0 atom stereocenters. The number of hydrogen-bond acceptors (Lipinski definition) is 0. The van der Waals surface area contributed by atoms with Gasteiger partial charge in [0.1, 0.15) is 0 Å². The first kappa shape index (κ1) is 30.3. The molecular formula is C32H39Cl2Zr. The van der Waals surface area contributed by atoms with Gasteiger partial charge in [0.15, 0.2) is 0 Å². The average Bonchev–Trinajstić information content (AvgIpc) is 3.12. The van der Waals surface area contributed by atoms with Crippen molar-refractivity contribution in [2.24, 2.45) is 0 Å². The molecule has 0 bridgehead atoms. The van der Waals surface area contributed by atoms with Crippen LogP contribution in [0, 0.1) is 13.8 Å². The molecule has 0 amide bonds. The number of benzene rings is 3. The van der Waals surface area contributed by atoms with Crippen LogP contribution in [0.15, 0.2) is 36.4 Å². The van der Waals surface area contributed by atoms with Crippen LogP contribution in [0.25, 0.3) is 11.1 Å².